The van der Waals surface area contributed by atoms with Crippen LogP contribution in [0.25, 0.3) is 39.6 Å². The van der Waals surface area contributed by atoms with E-state index in [0.717, 1.165) is 5.56 Å². The predicted molar refractivity (Wildman–Crippen MR) is 110 cm³/mol. The van der Waals surface area contributed by atoms with Crippen molar-refractivity contribution >= 4 is 34.0 Å². The van der Waals surface area contributed by atoms with Gasteiger partial charge in [-0.25, -0.2) is 0 Å². The Morgan fingerprint density at radius 1 is 0.880 bits per heavy atom. The number of aryl methyl sites for hydroxylation is 1. The van der Waals surface area contributed by atoms with Crippen molar-refractivity contribution in [1.29, 1.82) is 0 Å². The third-order valence-corrected chi connectivity index (χ3v) is 4.74. The Balaban J connectivity index is 2.20. The van der Waals surface area contributed by atoms with Crippen molar-refractivity contribution in [1.82, 2.24) is 4.57 Å². The van der Waals surface area contributed by atoms with Crippen molar-refractivity contribution < 1.29 is 0 Å². The van der Waals surface area contributed by atoms with Gasteiger partial charge in [0, 0.05) is 16.3 Å². The number of hydrogen-bond acceptors (Lipinski definition) is 0. The van der Waals surface area contributed by atoms with Gasteiger partial charge in [-0.2, -0.15) is 0 Å². The van der Waals surface area contributed by atoms with E-state index in [0.29, 0.717) is 0 Å². The van der Waals surface area contributed by atoms with E-state index in [9.17, 15) is 0 Å². The van der Waals surface area contributed by atoms with Gasteiger partial charge in [-0.05, 0) is 43.7 Å². The van der Waals surface area contributed by atoms with Gasteiger partial charge in [0.15, 0.2) is 0 Å². The normalized spacial score (nSPS) is 11.6. The number of para-hydroxylation sites is 1. The smallest absolute Gasteiger partial charge is 0.0541 e. The van der Waals surface area contributed by atoms with E-state index in [4.69, 9.17) is 0 Å². The minimum absolute atomic E-state index is 1.15. The van der Waals surface area contributed by atoms with Gasteiger partial charge in [-0.1, -0.05) is 66.8 Å². The van der Waals surface area contributed by atoms with Crippen LogP contribution in [0.1, 0.15) is 23.6 Å². The standard InChI is InChI=1S/C24H21N/c1-4-9-19-18(5-2)10-8-13-22(19)25-23-12-7-6-11-20(23)21-16-17(3)14-15-24(21)25/h4-16H,2H2,1,3H3/b9-4-. The van der Waals surface area contributed by atoms with Gasteiger partial charge in [0.2, 0.25) is 0 Å². The number of allylic oxidation sites excluding steroid dienone is 1. The topological polar surface area (TPSA) is 4.93 Å². The van der Waals surface area contributed by atoms with E-state index in [1.54, 1.807) is 0 Å². The molecule has 1 nitrogen and oxygen atoms in total. The molecular formula is C24H21N. The largest absolute Gasteiger partial charge is 0.309 e. The van der Waals surface area contributed by atoms with E-state index < -0.39 is 0 Å². The van der Waals surface area contributed by atoms with Crippen LogP contribution in [-0.4, -0.2) is 4.57 Å². The highest BCUT2D eigenvalue weighted by Gasteiger charge is 2.14. The third-order valence-electron chi connectivity index (χ3n) is 4.74. The van der Waals surface area contributed by atoms with Crippen LogP contribution in [-0.2, 0) is 0 Å². The highest BCUT2D eigenvalue weighted by atomic mass is 15.0. The molecule has 1 heteroatoms. The minimum Gasteiger partial charge on any atom is -0.309 e. The molecule has 4 rings (SSSR count). The van der Waals surface area contributed by atoms with Crippen molar-refractivity contribution in [3.05, 3.63) is 90.0 Å². The first kappa shape index (κ1) is 15.5. The fraction of sp³-hybridized carbons (Fsp3) is 0.0833. The number of fused-ring (bicyclic) bond motifs is 3. The highest BCUT2D eigenvalue weighted by molar-refractivity contribution is 6.09. The van der Waals surface area contributed by atoms with Crippen LogP contribution < -0.4 is 0 Å². The number of nitrogens with zero attached hydrogens (tertiary/aromatic N) is 1. The summed E-state index contributed by atoms with van der Waals surface area (Å²) in [4.78, 5) is 0. The van der Waals surface area contributed by atoms with E-state index in [1.165, 1.54) is 38.6 Å². The molecule has 4 aromatic rings. The second-order valence-corrected chi connectivity index (χ2v) is 6.36. The van der Waals surface area contributed by atoms with Gasteiger partial charge in [-0.3, -0.25) is 0 Å². The van der Waals surface area contributed by atoms with E-state index in [1.807, 2.05) is 6.08 Å². The predicted octanol–water partition coefficient (Wildman–Crippen LogP) is 6.77. The monoisotopic (exact) mass is 323 g/mol. The van der Waals surface area contributed by atoms with Crippen LogP contribution in [0.3, 0.4) is 0 Å². The lowest BCUT2D eigenvalue weighted by molar-refractivity contribution is 1.17. The molecule has 0 spiro atoms. The van der Waals surface area contributed by atoms with Crippen LogP contribution >= 0.6 is 0 Å². The second-order valence-electron chi connectivity index (χ2n) is 6.36. The van der Waals surface area contributed by atoms with Gasteiger partial charge in [0.05, 0.1) is 16.7 Å². The lowest BCUT2D eigenvalue weighted by Gasteiger charge is -2.14. The zero-order valence-electron chi connectivity index (χ0n) is 14.7. The summed E-state index contributed by atoms with van der Waals surface area (Å²) >= 11 is 0. The number of benzene rings is 3. The Kier molecular flexibility index (Phi) is 3.77. The number of rotatable bonds is 3. The molecule has 0 fully saturated rings. The van der Waals surface area contributed by atoms with Gasteiger partial charge >= 0.3 is 0 Å². The molecular weight excluding hydrogens is 302 g/mol. The van der Waals surface area contributed by atoms with Gasteiger partial charge < -0.3 is 4.57 Å². The Bertz CT molecular complexity index is 1130. The van der Waals surface area contributed by atoms with Crippen LogP contribution in [0.2, 0.25) is 0 Å². The summed E-state index contributed by atoms with van der Waals surface area (Å²) in [5, 5.41) is 2.59. The molecule has 0 aliphatic carbocycles. The maximum absolute atomic E-state index is 3.99. The van der Waals surface area contributed by atoms with Crippen molar-refractivity contribution in [3.63, 3.8) is 0 Å². The molecule has 0 bridgehead atoms. The summed E-state index contributed by atoms with van der Waals surface area (Å²) in [6.45, 7) is 8.19. The summed E-state index contributed by atoms with van der Waals surface area (Å²) in [5.41, 5.74) is 7.28. The first-order valence-corrected chi connectivity index (χ1v) is 8.63. The van der Waals surface area contributed by atoms with E-state index >= 15 is 0 Å². The van der Waals surface area contributed by atoms with Crippen LogP contribution in [0.5, 0.6) is 0 Å². The molecule has 25 heavy (non-hydrogen) atoms. The fourth-order valence-electron chi connectivity index (χ4n) is 3.64. The average Bonchev–Trinajstić information content (AvgIpc) is 2.96. The second kappa shape index (κ2) is 6.10. The fourth-order valence-corrected chi connectivity index (χ4v) is 3.64. The summed E-state index contributed by atoms with van der Waals surface area (Å²) in [6, 6.07) is 21.7. The number of hydrogen-bond donors (Lipinski definition) is 0. The Morgan fingerprint density at radius 3 is 2.48 bits per heavy atom. The first-order chi connectivity index (χ1) is 12.2. The first-order valence-electron chi connectivity index (χ1n) is 8.63. The maximum Gasteiger partial charge on any atom is 0.0541 e. The van der Waals surface area contributed by atoms with Crippen molar-refractivity contribution in [3.8, 4) is 5.69 Å². The van der Waals surface area contributed by atoms with Gasteiger partial charge in [0.1, 0.15) is 0 Å². The molecule has 0 N–H and O–H groups in total. The maximum atomic E-state index is 3.99. The molecule has 1 aromatic heterocycles. The zero-order chi connectivity index (χ0) is 17.4. The molecule has 0 radical (unpaired) electrons. The Morgan fingerprint density at radius 2 is 1.68 bits per heavy atom. The van der Waals surface area contributed by atoms with Crippen molar-refractivity contribution in [2.45, 2.75) is 13.8 Å². The molecule has 1 heterocycles. The molecule has 0 saturated carbocycles. The molecule has 0 aliphatic heterocycles. The average molecular weight is 323 g/mol. The molecule has 0 amide bonds. The summed E-state index contributed by atoms with van der Waals surface area (Å²) in [6.07, 6.45) is 6.18. The zero-order valence-corrected chi connectivity index (χ0v) is 14.7. The highest BCUT2D eigenvalue weighted by Crippen LogP contribution is 2.34. The Labute approximate surface area is 148 Å². The SMILES string of the molecule is C=Cc1cccc(-n2c3ccccc3c3cc(C)ccc32)c1/C=C\C. The van der Waals surface area contributed by atoms with E-state index in [2.05, 4.69) is 97.8 Å². The minimum atomic E-state index is 1.15. The van der Waals surface area contributed by atoms with Crippen molar-refractivity contribution in [2.75, 3.05) is 0 Å². The summed E-state index contributed by atoms with van der Waals surface area (Å²) in [7, 11) is 0. The molecule has 0 unspecified atom stereocenters. The van der Waals surface area contributed by atoms with Crippen LogP contribution in [0.4, 0.5) is 0 Å². The van der Waals surface area contributed by atoms with Gasteiger partial charge in [-0.15, -0.1) is 0 Å². The molecule has 0 aliphatic rings. The molecule has 0 atom stereocenters. The third kappa shape index (κ3) is 2.40. The molecule has 122 valence electrons. The number of aromatic nitrogens is 1. The summed E-state index contributed by atoms with van der Waals surface area (Å²) < 4.78 is 2.37. The van der Waals surface area contributed by atoms with Crippen LogP contribution in [0, 0.1) is 6.92 Å². The van der Waals surface area contributed by atoms with Gasteiger partial charge in [0.25, 0.3) is 0 Å². The molecule has 0 saturated heterocycles. The summed E-state index contributed by atoms with van der Waals surface area (Å²) in [5.74, 6) is 0. The van der Waals surface area contributed by atoms with E-state index in [-0.39, 0.29) is 0 Å². The lowest BCUT2D eigenvalue weighted by atomic mass is 10.0. The lowest BCUT2D eigenvalue weighted by Crippen LogP contribution is -1.98. The Hall–Kier alpha value is -3.06. The molecule has 3 aromatic carbocycles. The van der Waals surface area contributed by atoms with Crippen molar-refractivity contribution in [2.24, 2.45) is 0 Å². The van der Waals surface area contributed by atoms with Crippen LogP contribution in [0.15, 0.2) is 73.3 Å². The quantitative estimate of drug-likeness (QED) is 0.392.